The molecule has 33 heavy (non-hydrogen) atoms. The van der Waals surface area contributed by atoms with Crippen LogP contribution in [0.2, 0.25) is 0 Å². The van der Waals surface area contributed by atoms with Gasteiger partial charge in [0, 0.05) is 44.8 Å². The van der Waals surface area contributed by atoms with Crippen molar-refractivity contribution in [2.75, 3.05) is 59.0 Å². The van der Waals surface area contributed by atoms with Crippen molar-refractivity contribution >= 4 is 15.9 Å². The summed E-state index contributed by atoms with van der Waals surface area (Å²) >= 11 is 0. The van der Waals surface area contributed by atoms with E-state index in [2.05, 4.69) is 4.90 Å². The number of morpholine rings is 2. The number of piperidine rings is 1. The summed E-state index contributed by atoms with van der Waals surface area (Å²) in [5.74, 6) is 0.641. The molecule has 3 aliphatic heterocycles. The van der Waals surface area contributed by atoms with E-state index in [1.54, 1.807) is 24.3 Å². The Morgan fingerprint density at radius 3 is 2.18 bits per heavy atom. The molecular formula is C24H37N3O5S. The van der Waals surface area contributed by atoms with E-state index in [1.165, 1.54) is 10.7 Å². The molecule has 0 spiro atoms. The average Bonchev–Trinajstić information content (AvgIpc) is 2.83. The van der Waals surface area contributed by atoms with Crippen LogP contribution < -0.4 is 0 Å². The van der Waals surface area contributed by atoms with Crippen molar-refractivity contribution < 1.29 is 22.7 Å². The first-order chi connectivity index (χ1) is 15.8. The van der Waals surface area contributed by atoms with Crippen LogP contribution in [0.4, 0.5) is 0 Å². The first kappa shape index (κ1) is 24.6. The van der Waals surface area contributed by atoms with Gasteiger partial charge in [-0.1, -0.05) is 0 Å². The van der Waals surface area contributed by atoms with Crippen molar-refractivity contribution in [2.24, 2.45) is 5.92 Å². The van der Waals surface area contributed by atoms with Crippen LogP contribution >= 0.6 is 0 Å². The fraction of sp³-hybridized carbons (Fsp3) is 0.708. The minimum absolute atomic E-state index is 0.0146. The fourth-order valence-corrected chi connectivity index (χ4v) is 6.63. The molecule has 184 valence electrons. The largest absolute Gasteiger partial charge is 0.379 e. The summed E-state index contributed by atoms with van der Waals surface area (Å²) in [7, 11) is -3.60. The van der Waals surface area contributed by atoms with E-state index in [-0.39, 0.29) is 23.0 Å². The lowest BCUT2D eigenvalue weighted by Crippen LogP contribution is -2.48. The normalized spacial score (nSPS) is 26.4. The monoisotopic (exact) mass is 479 g/mol. The molecule has 3 heterocycles. The highest BCUT2D eigenvalue weighted by molar-refractivity contribution is 7.89. The first-order valence-corrected chi connectivity index (χ1v) is 13.6. The van der Waals surface area contributed by atoms with Crippen LogP contribution in [0.3, 0.4) is 0 Å². The predicted molar refractivity (Wildman–Crippen MR) is 126 cm³/mol. The second-order valence-electron chi connectivity index (χ2n) is 9.58. The Morgan fingerprint density at radius 2 is 1.58 bits per heavy atom. The Morgan fingerprint density at radius 1 is 0.970 bits per heavy atom. The van der Waals surface area contributed by atoms with Gasteiger partial charge >= 0.3 is 0 Å². The van der Waals surface area contributed by atoms with E-state index in [1.807, 2.05) is 18.7 Å². The second kappa shape index (κ2) is 10.8. The molecule has 1 aromatic carbocycles. The van der Waals surface area contributed by atoms with E-state index < -0.39 is 10.0 Å². The van der Waals surface area contributed by atoms with Crippen LogP contribution in [0.1, 0.15) is 43.5 Å². The SMILES string of the molecule is CC1CN(S(=O)(=O)c2ccc(C(=O)N3CCC(CCN4CCOCC4)CC3)cc2)CC(C)O1. The zero-order chi connectivity index (χ0) is 23.4. The van der Waals surface area contributed by atoms with Gasteiger partial charge in [-0.15, -0.1) is 0 Å². The molecule has 1 amide bonds. The number of hydrogen-bond acceptors (Lipinski definition) is 6. The van der Waals surface area contributed by atoms with Crippen molar-refractivity contribution in [1.82, 2.24) is 14.1 Å². The van der Waals surface area contributed by atoms with Gasteiger partial charge in [0.1, 0.15) is 0 Å². The second-order valence-corrected chi connectivity index (χ2v) is 11.5. The molecule has 0 saturated carbocycles. The molecule has 0 aliphatic carbocycles. The van der Waals surface area contributed by atoms with Gasteiger partial charge in [-0.05, 0) is 69.8 Å². The Labute approximate surface area is 197 Å². The van der Waals surface area contributed by atoms with Gasteiger partial charge < -0.3 is 14.4 Å². The number of carbonyl (C=O) groups excluding carboxylic acids is 1. The highest BCUT2D eigenvalue weighted by Crippen LogP contribution is 2.24. The molecule has 3 fully saturated rings. The third-order valence-corrected chi connectivity index (χ3v) is 8.83. The highest BCUT2D eigenvalue weighted by atomic mass is 32.2. The van der Waals surface area contributed by atoms with Crippen LogP contribution in [0.5, 0.6) is 0 Å². The van der Waals surface area contributed by atoms with Gasteiger partial charge in [0.2, 0.25) is 10.0 Å². The van der Waals surface area contributed by atoms with Crippen molar-refractivity contribution in [2.45, 2.75) is 50.2 Å². The first-order valence-electron chi connectivity index (χ1n) is 12.2. The summed E-state index contributed by atoms with van der Waals surface area (Å²) in [6, 6.07) is 6.41. The predicted octanol–water partition coefficient (Wildman–Crippen LogP) is 2.06. The summed E-state index contributed by atoms with van der Waals surface area (Å²) in [5.41, 5.74) is 0.546. The fourth-order valence-electron chi connectivity index (χ4n) is 5.04. The molecule has 4 rings (SSSR count). The number of benzene rings is 1. The molecule has 0 radical (unpaired) electrons. The Kier molecular flexibility index (Phi) is 8.07. The number of nitrogens with zero attached hydrogens (tertiary/aromatic N) is 3. The van der Waals surface area contributed by atoms with E-state index in [4.69, 9.17) is 9.47 Å². The zero-order valence-corrected chi connectivity index (χ0v) is 20.6. The van der Waals surface area contributed by atoms with Crippen LogP contribution in [0.15, 0.2) is 29.2 Å². The molecule has 3 aliphatic rings. The van der Waals surface area contributed by atoms with Crippen molar-refractivity contribution in [3.63, 3.8) is 0 Å². The molecule has 8 nitrogen and oxygen atoms in total. The van der Waals surface area contributed by atoms with Gasteiger partial charge in [-0.3, -0.25) is 9.69 Å². The quantitative estimate of drug-likeness (QED) is 0.622. The number of ether oxygens (including phenoxy) is 2. The van der Waals surface area contributed by atoms with E-state index >= 15 is 0 Å². The molecule has 0 aromatic heterocycles. The molecule has 9 heteroatoms. The molecule has 2 unspecified atom stereocenters. The van der Waals surface area contributed by atoms with E-state index in [0.717, 1.165) is 58.8 Å². The van der Waals surface area contributed by atoms with Gasteiger partial charge in [0.25, 0.3) is 5.91 Å². The standard InChI is InChI=1S/C24H37N3O5S/c1-19-17-27(18-20(2)32-19)33(29,30)23-5-3-22(4-6-23)24(28)26-11-8-21(9-12-26)7-10-25-13-15-31-16-14-25/h3-6,19-21H,7-18H2,1-2H3. The van der Waals surface area contributed by atoms with Gasteiger partial charge in [-0.25, -0.2) is 8.42 Å². The van der Waals surface area contributed by atoms with Crippen molar-refractivity contribution in [3.8, 4) is 0 Å². The molecule has 2 atom stereocenters. The Bertz CT molecular complexity index is 883. The summed E-state index contributed by atoms with van der Waals surface area (Å²) in [6.07, 6.45) is 2.95. The molecule has 1 aromatic rings. The minimum Gasteiger partial charge on any atom is -0.379 e. The van der Waals surface area contributed by atoms with Gasteiger partial charge in [0.15, 0.2) is 0 Å². The van der Waals surface area contributed by atoms with Crippen LogP contribution in [0, 0.1) is 5.92 Å². The van der Waals surface area contributed by atoms with Crippen molar-refractivity contribution in [3.05, 3.63) is 29.8 Å². The smallest absolute Gasteiger partial charge is 0.253 e. The van der Waals surface area contributed by atoms with Gasteiger partial charge in [-0.2, -0.15) is 4.31 Å². The Balaban J connectivity index is 1.29. The Hall–Kier alpha value is -1.52. The third-order valence-electron chi connectivity index (χ3n) is 6.98. The average molecular weight is 480 g/mol. The summed E-state index contributed by atoms with van der Waals surface area (Å²) < 4.78 is 38.6. The van der Waals surface area contributed by atoms with Gasteiger partial charge in [0.05, 0.1) is 30.3 Å². The maximum atomic E-state index is 13.0. The number of rotatable bonds is 6. The van der Waals surface area contributed by atoms with E-state index in [0.29, 0.717) is 24.6 Å². The maximum Gasteiger partial charge on any atom is 0.253 e. The summed E-state index contributed by atoms with van der Waals surface area (Å²) in [5, 5.41) is 0. The lowest BCUT2D eigenvalue weighted by molar-refractivity contribution is -0.0440. The van der Waals surface area contributed by atoms with Crippen molar-refractivity contribution in [1.29, 1.82) is 0 Å². The zero-order valence-electron chi connectivity index (χ0n) is 19.8. The number of amides is 1. The molecule has 0 N–H and O–H groups in total. The summed E-state index contributed by atoms with van der Waals surface area (Å²) in [4.78, 5) is 17.6. The molecular weight excluding hydrogens is 442 g/mol. The topological polar surface area (TPSA) is 79.4 Å². The maximum absolute atomic E-state index is 13.0. The van der Waals surface area contributed by atoms with Crippen LogP contribution in [-0.4, -0.2) is 99.7 Å². The number of sulfonamides is 1. The summed E-state index contributed by atoms with van der Waals surface area (Å²) in [6.45, 7) is 10.8. The lowest BCUT2D eigenvalue weighted by Gasteiger charge is -2.34. The van der Waals surface area contributed by atoms with Crippen LogP contribution in [-0.2, 0) is 19.5 Å². The number of hydrogen-bond donors (Lipinski definition) is 0. The third kappa shape index (κ3) is 6.14. The highest BCUT2D eigenvalue weighted by Gasteiger charge is 2.32. The molecule has 3 saturated heterocycles. The number of carbonyl (C=O) groups is 1. The van der Waals surface area contributed by atoms with E-state index in [9.17, 15) is 13.2 Å². The van der Waals surface area contributed by atoms with Crippen LogP contribution in [0.25, 0.3) is 0 Å². The lowest BCUT2D eigenvalue weighted by atomic mass is 9.93. The minimum atomic E-state index is -3.60. The number of likely N-dealkylation sites (tertiary alicyclic amines) is 1. The molecule has 0 bridgehead atoms.